The van der Waals surface area contributed by atoms with Crippen molar-refractivity contribution in [3.63, 3.8) is 0 Å². The molecule has 0 saturated heterocycles. The Morgan fingerprint density at radius 1 is 0.952 bits per heavy atom. The Morgan fingerprint density at radius 3 is 2.10 bits per heavy atom. The van der Waals surface area contributed by atoms with E-state index in [0.29, 0.717) is 23.1 Å². The largest absolute Gasteiger partial charge is 0.483 e. The third-order valence-corrected chi connectivity index (χ3v) is 9.16. The van der Waals surface area contributed by atoms with Crippen LogP contribution in [-0.2, 0) is 14.4 Å². The van der Waals surface area contributed by atoms with Gasteiger partial charge in [-0.2, -0.15) is 0 Å². The first-order chi connectivity index (χ1) is 19.8. The Kier molecular flexibility index (Phi) is 8.27. The number of carbonyl (C=O) groups is 3. The van der Waals surface area contributed by atoms with Crippen LogP contribution in [0.3, 0.4) is 0 Å². The number of rotatable bonds is 7. The van der Waals surface area contributed by atoms with Crippen molar-refractivity contribution in [1.82, 2.24) is 4.90 Å². The van der Waals surface area contributed by atoms with Gasteiger partial charge in [0, 0.05) is 53.5 Å². The van der Waals surface area contributed by atoms with Crippen molar-refractivity contribution in [2.45, 2.75) is 79.6 Å². The van der Waals surface area contributed by atoms with Gasteiger partial charge in [-0.05, 0) is 82.3 Å². The third kappa shape index (κ3) is 5.98. The molecule has 0 radical (unpaired) electrons. The summed E-state index contributed by atoms with van der Waals surface area (Å²) in [5.74, 6) is 0.114. The molecule has 3 aliphatic rings. The number of ether oxygens (including phenoxy) is 1. The molecule has 7 heteroatoms. The minimum atomic E-state index is -0.412. The van der Waals surface area contributed by atoms with Crippen LogP contribution in [0.5, 0.6) is 5.75 Å². The second kappa shape index (κ2) is 11.5. The van der Waals surface area contributed by atoms with E-state index in [9.17, 15) is 14.4 Å². The summed E-state index contributed by atoms with van der Waals surface area (Å²) in [6.45, 7) is 13.4. The number of nitrogens with one attached hydrogen (secondary N) is 1. The van der Waals surface area contributed by atoms with E-state index in [1.54, 1.807) is 0 Å². The van der Waals surface area contributed by atoms with Crippen LogP contribution in [0, 0.1) is 17.8 Å². The number of para-hydroxylation sites is 1. The van der Waals surface area contributed by atoms with Crippen molar-refractivity contribution in [3.05, 3.63) is 80.6 Å². The molecule has 1 N–H and O–H groups in total. The number of amides is 1. The summed E-state index contributed by atoms with van der Waals surface area (Å²) in [6.07, 6.45) is 3.45. The maximum absolute atomic E-state index is 13.9. The van der Waals surface area contributed by atoms with E-state index in [1.165, 1.54) is 0 Å². The number of aryl methyl sites for hydroxylation is 1. The molecule has 222 valence electrons. The molecule has 0 spiro atoms. The summed E-state index contributed by atoms with van der Waals surface area (Å²) in [5, 5.41) is 2.89. The van der Waals surface area contributed by atoms with E-state index in [2.05, 4.69) is 60.8 Å². The monoisotopic (exact) mass is 632 g/mol. The van der Waals surface area contributed by atoms with Crippen molar-refractivity contribution < 1.29 is 19.1 Å². The number of nitrogens with zero attached hydrogens (tertiary/aromatic N) is 1. The molecule has 1 heterocycles. The lowest BCUT2D eigenvalue weighted by molar-refractivity contribution is -0.120. The molecule has 0 fully saturated rings. The smallest absolute Gasteiger partial charge is 0.262 e. The Bertz CT molecular complexity index is 1460. The predicted octanol–water partition coefficient (Wildman–Crippen LogP) is 7.87. The number of ketones is 2. The zero-order valence-electron chi connectivity index (χ0n) is 25.5. The van der Waals surface area contributed by atoms with Crippen molar-refractivity contribution in [2.24, 2.45) is 10.8 Å². The van der Waals surface area contributed by atoms with Gasteiger partial charge in [0.1, 0.15) is 5.75 Å². The topological polar surface area (TPSA) is 75.7 Å². The molecule has 2 aliphatic carbocycles. The average Bonchev–Trinajstić information content (AvgIpc) is 2.89. The van der Waals surface area contributed by atoms with Gasteiger partial charge in [-0.3, -0.25) is 14.4 Å². The van der Waals surface area contributed by atoms with Gasteiger partial charge in [0.15, 0.2) is 18.2 Å². The van der Waals surface area contributed by atoms with Gasteiger partial charge in [0.25, 0.3) is 5.91 Å². The summed E-state index contributed by atoms with van der Waals surface area (Å²) in [7, 11) is 0. The molecular weight excluding hydrogens is 592 g/mol. The highest BCUT2D eigenvalue weighted by Gasteiger charge is 2.48. The number of carbonyl (C=O) groups excluding carboxylic acids is 3. The highest BCUT2D eigenvalue weighted by Crippen LogP contribution is 2.54. The molecular formula is C35H41BrN2O4. The standard InChI is InChI=1S/C35H41BrN2O4/c1-7-14-38-25-16-34(3,4)18-27(39)32(25)31(33-26(38)17-35(5,6)19-28(33)40)22-12-13-29(23(36)15-22)42-20-30(41)37-24-11-9-8-10-21(24)2/h8-13,15,31H,7,14,16-20H2,1-6H3,(H,37,41). The van der Waals surface area contributed by atoms with Crippen LogP contribution in [0.15, 0.2) is 69.5 Å². The number of hydrogen-bond donors (Lipinski definition) is 1. The first-order valence-corrected chi connectivity index (χ1v) is 15.7. The van der Waals surface area contributed by atoms with Gasteiger partial charge in [-0.15, -0.1) is 0 Å². The number of Topliss-reactive ketones (excluding diaryl/α,β-unsaturated/α-hetero) is 2. The minimum Gasteiger partial charge on any atom is -0.483 e. The molecule has 0 aromatic heterocycles. The molecule has 5 rings (SSSR count). The van der Waals surface area contributed by atoms with Crippen LogP contribution < -0.4 is 10.1 Å². The van der Waals surface area contributed by atoms with Crippen LogP contribution in [0.1, 0.15) is 83.8 Å². The van der Waals surface area contributed by atoms with Gasteiger partial charge >= 0.3 is 0 Å². The summed E-state index contributed by atoms with van der Waals surface area (Å²) < 4.78 is 6.56. The first kappa shape index (κ1) is 30.3. The summed E-state index contributed by atoms with van der Waals surface area (Å²) in [4.78, 5) is 42.7. The van der Waals surface area contributed by atoms with E-state index in [-0.39, 0.29) is 34.9 Å². The average molecular weight is 634 g/mol. The minimum absolute atomic E-state index is 0.126. The zero-order valence-corrected chi connectivity index (χ0v) is 27.1. The highest BCUT2D eigenvalue weighted by atomic mass is 79.9. The fraction of sp³-hybridized carbons (Fsp3) is 0.457. The fourth-order valence-corrected chi connectivity index (χ4v) is 7.24. The van der Waals surface area contributed by atoms with Gasteiger partial charge in [-0.25, -0.2) is 0 Å². The van der Waals surface area contributed by atoms with E-state index in [1.807, 2.05) is 49.4 Å². The molecule has 0 atom stereocenters. The summed E-state index contributed by atoms with van der Waals surface area (Å²) in [5.41, 5.74) is 6.03. The quantitative estimate of drug-likeness (QED) is 0.336. The van der Waals surface area contributed by atoms with Crippen LogP contribution in [0.4, 0.5) is 5.69 Å². The van der Waals surface area contributed by atoms with E-state index < -0.39 is 5.92 Å². The predicted molar refractivity (Wildman–Crippen MR) is 169 cm³/mol. The molecule has 1 aliphatic heterocycles. The second-order valence-corrected chi connectivity index (χ2v) is 14.4. The maximum atomic E-state index is 13.9. The van der Waals surface area contributed by atoms with Crippen molar-refractivity contribution in [2.75, 3.05) is 18.5 Å². The zero-order chi connectivity index (χ0) is 30.4. The Balaban J connectivity index is 1.50. The lowest BCUT2D eigenvalue weighted by atomic mass is 9.63. The summed E-state index contributed by atoms with van der Waals surface area (Å²) >= 11 is 3.65. The lowest BCUT2D eigenvalue weighted by Crippen LogP contribution is -2.44. The number of allylic oxidation sites excluding steroid dienone is 4. The second-order valence-electron chi connectivity index (χ2n) is 13.5. The highest BCUT2D eigenvalue weighted by molar-refractivity contribution is 9.10. The van der Waals surface area contributed by atoms with Crippen molar-refractivity contribution in [3.8, 4) is 5.75 Å². The Hall–Kier alpha value is -3.19. The molecule has 1 amide bonds. The number of anilines is 1. The Labute approximate surface area is 257 Å². The van der Waals surface area contributed by atoms with Crippen LogP contribution >= 0.6 is 15.9 Å². The van der Waals surface area contributed by atoms with E-state index >= 15 is 0 Å². The third-order valence-electron chi connectivity index (χ3n) is 8.54. The Morgan fingerprint density at radius 2 is 1.55 bits per heavy atom. The maximum Gasteiger partial charge on any atom is 0.262 e. The summed E-state index contributed by atoms with van der Waals surface area (Å²) in [6, 6.07) is 13.3. The molecule has 2 aromatic rings. The molecule has 0 bridgehead atoms. The number of benzene rings is 2. The molecule has 2 aromatic carbocycles. The first-order valence-electron chi connectivity index (χ1n) is 14.9. The van der Waals surface area contributed by atoms with Gasteiger partial charge < -0.3 is 15.0 Å². The number of hydrogen-bond acceptors (Lipinski definition) is 5. The van der Waals surface area contributed by atoms with Crippen molar-refractivity contribution >= 4 is 39.1 Å². The lowest BCUT2D eigenvalue weighted by Gasteiger charge is -2.49. The van der Waals surface area contributed by atoms with E-state index in [0.717, 1.165) is 65.2 Å². The molecule has 0 unspecified atom stereocenters. The van der Waals surface area contributed by atoms with Crippen LogP contribution in [-0.4, -0.2) is 35.5 Å². The van der Waals surface area contributed by atoms with Crippen LogP contribution in [0.2, 0.25) is 0 Å². The van der Waals surface area contributed by atoms with Gasteiger partial charge in [-0.1, -0.05) is 58.9 Å². The normalized spacial score (nSPS) is 19.9. The fourth-order valence-electron chi connectivity index (χ4n) is 6.73. The van der Waals surface area contributed by atoms with E-state index in [4.69, 9.17) is 4.74 Å². The van der Waals surface area contributed by atoms with Gasteiger partial charge in [0.05, 0.1) is 4.47 Å². The SMILES string of the molecule is CCCN1C2=C(C(=O)CC(C)(C)C2)C(c2ccc(OCC(=O)Nc3ccccc3C)c(Br)c2)C2=C1CC(C)(C)CC2=O. The number of halogens is 1. The molecule has 0 saturated carbocycles. The molecule has 42 heavy (non-hydrogen) atoms. The molecule has 6 nitrogen and oxygen atoms in total. The van der Waals surface area contributed by atoms with Crippen LogP contribution in [0.25, 0.3) is 0 Å². The van der Waals surface area contributed by atoms with Crippen molar-refractivity contribution in [1.29, 1.82) is 0 Å². The van der Waals surface area contributed by atoms with Gasteiger partial charge in [0.2, 0.25) is 0 Å².